The molecule has 0 spiro atoms. The van der Waals surface area contributed by atoms with Crippen molar-refractivity contribution in [3.8, 4) is 17.9 Å². The molecule has 0 saturated carbocycles. The Bertz CT molecular complexity index is 2180. The lowest BCUT2D eigenvalue weighted by atomic mass is 9.85. The monoisotopic (exact) mass is 685 g/mol. The quantitative estimate of drug-likeness (QED) is 0.177. The van der Waals surface area contributed by atoms with Crippen LogP contribution in [0, 0.1) is 30.1 Å². The maximum atomic E-state index is 14.2. The molecule has 0 bridgehead atoms. The topological polar surface area (TPSA) is 97.7 Å². The van der Waals surface area contributed by atoms with E-state index in [1.807, 2.05) is 74.9 Å². The van der Waals surface area contributed by atoms with E-state index in [1.54, 1.807) is 29.0 Å². The molecule has 3 aromatic heterocycles. The number of nitrogens with zero attached hydrogens (tertiary/aromatic N) is 8. The third-order valence-electron chi connectivity index (χ3n) is 9.53. The van der Waals surface area contributed by atoms with E-state index in [-0.39, 0.29) is 5.91 Å². The Morgan fingerprint density at radius 2 is 1.94 bits per heavy atom. The Kier molecular flexibility index (Phi) is 9.82. The molecule has 2 atom stereocenters. The molecular weight excluding hydrogens is 641 g/mol. The molecule has 5 aromatic rings. The fourth-order valence-electron chi connectivity index (χ4n) is 6.34. The van der Waals surface area contributed by atoms with Crippen molar-refractivity contribution in [1.82, 2.24) is 29.0 Å². The number of aryl methyl sites for hydroxylation is 2. The summed E-state index contributed by atoms with van der Waals surface area (Å²) in [5, 5.41) is 18.4. The van der Waals surface area contributed by atoms with Gasteiger partial charge in [0.15, 0.2) is 5.65 Å². The number of benzene rings is 2. The molecule has 6 rings (SSSR count). The fourth-order valence-corrected chi connectivity index (χ4v) is 6.80. The Hall–Kier alpha value is -4.99. The van der Waals surface area contributed by atoms with Crippen LogP contribution in [0.15, 0.2) is 67.3 Å². The van der Waals surface area contributed by atoms with Crippen LogP contribution in [0.25, 0.3) is 5.65 Å². The van der Waals surface area contributed by atoms with Gasteiger partial charge in [0, 0.05) is 69.0 Å². The summed E-state index contributed by atoms with van der Waals surface area (Å²) in [6, 6.07) is 16.9. The van der Waals surface area contributed by atoms with Gasteiger partial charge in [-0.05, 0) is 99.5 Å². The zero-order chi connectivity index (χ0) is 35.7. The van der Waals surface area contributed by atoms with Crippen molar-refractivity contribution in [2.24, 2.45) is 7.05 Å². The number of likely N-dealkylation sites (tertiary alicyclic amines) is 1. The number of hydrogen-bond donors (Lipinski definition) is 1. The number of hydrogen-bond acceptors (Lipinski definition) is 7. The lowest BCUT2D eigenvalue weighted by Crippen LogP contribution is -2.32. The van der Waals surface area contributed by atoms with Gasteiger partial charge in [-0.2, -0.15) is 10.4 Å². The zero-order valence-electron chi connectivity index (χ0n) is 29.8. The molecule has 1 N–H and O–H groups in total. The molecular formula is C39H44N9OP. The van der Waals surface area contributed by atoms with Crippen molar-refractivity contribution in [3.05, 3.63) is 101 Å². The van der Waals surface area contributed by atoms with Gasteiger partial charge in [0.2, 0.25) is 0 Å². The lowest BCUT2D eigenvalue weighted by molar-refractivity contribution is 0.0994. The van der Waals surface area contributed by atoms with E-state index in [0.29, 0.717) is 11.6 Å². The molecule has 1 aliphatic heterocycles. The molecule has 1 saturated heterocycles. The zero-order valence-corrected chi connectivity index (χ0v) is 31.0. The highest BCUT2D eigenvalue weighted by molar-refractivity contribution is 7.27. The van der Waals surface area contributed by atoms with Gasteiger partial charge >= 0.3 is 0 Å². The molecule has 1 fully saturated rings. The minimum absolute atomic E-state index is 0.148. The van der Waals surface area contributed by atoms with E-state index in [0.717, 1.165) is 82.0 Å². The molecule has 1 aliphatic rings. The lowest BCUT2D eigenvalue weighted by Gasteiger charge is -2.25. The van der Waals surface area contributed by atoms with Crippen LogP contribution in [0.1, 0.15) is 58.6 Å². The number of imidazole rings is 1. The molecule has 50 heavy (non-hydrogen) atoms. The van der Waals surface area contributed by atoms with Gasteiger partial charge < -0.3 is 15.1 Å². The number of fused-ring (bicyclic) bond motifs is 1. The third kappa shape index (κ3) is 7.29. The van der Waals surface area contributed by atoms with E-state index >= 15 is 0 Å². The van der Waals surface area contributed by atoms with E-state index in [4.69, 9.17) is 0 Å². The first-order chi connectivity index (χ1) is 23.8. The average Bonchev–Trinajstić information content (AvgIpc) is 3.84. The number of anilines is 3. The van der Waals surface area contributed by atoms with Crippen LogP contribution in [0.4, 0.5) is 17.1 Å². The number of carbonyl (C=O) groups excluding carboxylic acids is 1. The Balaban J connectivity index is 1.28. The highest BCUT2D eigenvalue weighted by Gasteiger charge is 2.27. The van der Waals surface area contributed by atoms with E-state index in [1.165, 1.54) is 0 Å². The first-order valence-electron chi connectivity index (χ1n) is 16.7. The van der Waals surface area contributed by atoms with Crippen LogP contribution in [0.3, 0.4) is 0 Å². The molecule has 256 valence electrons. The number of rotatable bonds is 8. The number of carbonyl (C=O) groups is 1. The van der Waals surface area contributed by atoms with E-state index in [9.17, 15) is 10.1 Å². The molecule has 1 amide bonds. The summed E-state index contributed by atoms with van der Waals surface area (Å²) in [6.45, 7) is 8.61. The number of nitriles is 1. The standard InChI is InChI=1S/C39H44N9OP/c1-26-15-36(50)34(18-28(26)10-11-31-21-41-37-35(9-8-13-48(31)37)43-30-20-42-45(6)23-30)38(49)46(7)33-17-27(16-29(19-33)39(2,3)25-40)22-47-14-12-32(24-47)44(4)5/h8-9,13,15-21,23,32,43H,12,14,22,24,50H2,1-7H3. The fraction of sp³-hybridized carbons (Fsp3) is 0.333. The first kappa shape index (κ1) is 34.9. The van der Waals surface area contributed by atoms with Crippen molar-refractivity contribution >= 4 is 43.2 Å². The van der Waals surface area contributed by atoms with Crippen LogP contribution >= 0.6 is 9.24 Å². The van der Waals surface area contributed by atoms with Crippen LogP contribution in [0.5, 0.6) is 0 Å². The summed E-state index contributed by atoms with van der Waals surface area (Å²) >= 11 is 0. The molecule has 4 heterocycles. The smallest absolute Gasteiger partial charge is 0.258 e. The largest absolute Gasteiger partial charge is 0.350 e. The molecule has 0 aliphatic carbocycles. The van der Waals surface area contributed by atoms with Gasteiger partial charge in [0.1, 0.15) is 5.69 Å². The minimum atomic E-state index is -0.711. The second kappa shape index (κ2) is 14.1. The summed E-state index contributed by atoms with van der Waals surface area (Å²) in [5.41, 5.74) is 7.50. The summed E-state index contributed by atoms with van der Waals surface area (Å²) in [7, 11) is 10.6. The maximum absolute atomic E-state index is 14.2. The normalized spacial score (nSPS) is 14.8. The maximum Gasteiger partial charge on any atom is 0.258 e. The predicted molar refractivity (Wildman–Crippen MR) is 203 cm³/mol. The molecule has 0 radical (unpaired) electrons. The number of likely N-dealkylation sites (N-methyl/N-ethyl adjacent to an activating group) is 1. The van der Waals surface area contributed by atoms with Gasteiger partial charge in [-0.15, -0.1) is 9.24 Å². The predicted octanol–water partition coefficient (Wildman–Crippen LogP) is 5.23. The van der Waals surface area contributed by atoms with Gasteiger partial charge in [0.25, 0.3) is 5.91 Å². The van der Waals surface area contributed by atoms with Crippen molar-refractivity contribution < 1.29 is 4.79 Å². The summed E-state index contributed by atoms with van der Waals surface area (Å²) in [6.07, 6.45) is 8.48. The van der Waals surface area contributed by atoms with Crippen molar-refractivity contribution in [1.29, 1.82) is 5.26 Å². The van der Waals surface area contributed by atoms with Crippen molar-refractivity contribution in [2.45, 2.75) is 45.2 Å². The van der Waals surface area contributed by atoms with Crippen LogP contribution in [0.2, 0.25) is 0 Å². The SMILES string of the molecule is Cc1cc(P)c(C(=O)N(C)c2cc(CN3CCC(N(C)C)C3)cc(C(C)(C)C#N)c2)cc1C#Cc1cnc2c(Nc3cnn(C)c3)cccn12. The average molecular weight is 686 g/mol. The minimum Gasteiger partial charge on any atom is -0.350 e. The summed E-state index contributed by atoms with van der Waals surface area (Å²) in [4.78, 5) is 25.2. The highest BCUT2D eigenvalue weighted by atomic mass is 31.0. The van der Waals surface area contributed by atoms with Crippen LogP contribution in [-0.2, 0) is 19.0 Å². The second-order valence-corrected chi connectivity index (χ2v) is 14.5. The first-order valence-corrected chi connectivity index (χ1v) is 17.3. The molecule has 2 unspecified atom stereocenters. The van der Waals surface area contributed by atoms with Crippen molar-refractivity contribution in [2.75, 3.05) is 44.4 Å². The van der Waals surface area contributed by atoms with Crippen LogP contribution < -0.4 is 15.5 Å². The highest BCUT2D eigenvalue weighted by Crippen LogP contribution is 2.30. The number of amides is 1. The van der Waals surface area contributed by atoms with E-state index < -0.39 is 5.41 Å². The van der Waals surface area contributed by atoms with Gasteiger partial charge in [0.05, 0.1) is 35.3 Å². The number of aromatic nitrogens is 4. The third-order valence-corrected chi connectivity index (χ3v) is 10.0. The molecule has 10 nitrogen and oxygen atoms in total. The second-order valence-electron chi connectivity index (χ2n) is 13.9. The van der Waals surface area contributed by atoms with Gasteiger partial charge in [-0.3, -0.25) is 18.8 Å². The van der Waals surface area contributed by atoms with Gasteiger partial charge in [-0.1, -0.05) is 18.1 Å². The molecule has 2 aromatic carbocycles. The Morgan fingerprint density at radius 1 is 1.14 bits per heavy atom. The van der Waals surface area contributed by atoms with Gasteiger partial charge in [-0.25, -0.2) is 4.98 Å². The number of nitrogens with one attached hydrogen (secondary N) is 1. The molecule has 11 heteroatoms. The number of pyridine rings is 1. The van der Waals surface area contributed by atoms with Crippen molar-refractivity contribution in [3.63, 3.8) is 0 Å². The van der Waals surface area contributed by atoms with Crippen LogP contribution in [-0.4, -0.2) is 75.1 Å². The summed E-state index contributed by atoms with van der Waals surface area (Å²) < 4.78 is 3.69. The van der Waals surface area contributed by atoms with E-state index in [2.05, 4.69) is 78.6 Å². The Morgan fingerprint density at radius 3 is 2.64 bits per heavy atom. The Labute approximate surface area is 296 Å². The summed E-state index contributed by atoms with van der Waals surface area (Å²) in [5.74, 6) is 6.45.